The molecular formula is C26H33FN4S. The van der Waals surface area contributed by atoms with E-state index in [1.165, 1.54) is 81.8 Å². The Morgan fingerprint density at radius 2 is 2.03 bits per heavy atom. The molecule has 0 aromatic carbocycles. The zero-order valence-electron chi connectivity index (χ0n) is 19.0. The number of hydrogen-bond acceptors (Lipinski definition) is 5. The van der Waals surface area contributed by atoms with E-state index in [-0.39, 0.29) is 11.6 Å². The van der Waals surface area contributed by atoms with E-state index in [4.69, 9.17) is 9.98 Å². The van der Waals surface area contributed by atoms with Crippen LogP contribution in [0.15, 0.2) is 40.5 Å². The zero-order valence-corrected chi connectivity index (χ0v) is 19.8. The molecule has 4 heterocycles. The van der Waals surface area contributed by atoms with Crippen LogP contribution in [0.3, 0.4) is 0 Å². The monoisotopic (exact) mass is 452 g/mol. The van der Waals surface area contributed by atoms with Gasteiger partial charge in [-0.15, -0.1) is 11.8 Å². The maximum atomic E-state index is 13.5. The quantitative estimate of drug-likeness (QED) is 0.452. The average molecular weight is 453 g/mol. The number of allylic oxidation sites excluding steroid dienone is 1. The molecule has 0 amide bonds. The summed E-state index contributed by atoms with van der Waals surface area (Å²) in [5.41, 5.74) is 1.90. The van der Waals surface area contributed by atoms with Crippen LogP contribution in [0.2, 0.25) is 0 Å². The standard InChI is InChI=1S/C26H33FN4S/c1-25(10-5-6-19(7-11-25)31-14-3-2-4-15-31)17-22-30-26-12-8-20(29-23(26)24(26)32-22)18-9-13-28-21(27)16-18/h8-9,12-13,16,19,23-24H,2-7,10-11,14-15,17H2,1H3. The molecule has 5 unspecified atom stereocenters. The fourth-order valence-corrected chi connectivity index (χ4v) is 8.11. The normalized spacial score (nSPS) is 39.0. The highest BCUT2D eigenvalue weighted by Gasteiger charge is 2.69. The van der Waals surface area contributed by atoms with Crippen molar-refractivity contribution >= 4 is 22.5 Å². The second-order valence-corrected chi connectivity index (χ2v) is 12.0. The van der Waals surface area contributed by atoms with Crippen molar-refractivity contribution in [3.63, 3.8) is 0 Å². The molecule has 5 atom stereocenters. The van der Waals surface area contributed by atoms with Gasteiger partial charge >= 0.3 is 0 Å². The predicted molar refractivity (Wildman–Crippen MR) is 130 cm³/mol. The van der Waals surface area contributed by atoms with Crippen molar-refractivity contribution in [1.82, 2.24) is 9.88 Å². The highest BCUT2D eigenvalue weighted by molar-refractivity contribution is 8.15. The molecule has 1 spiro atoms. The highest BCUT2D eigenvalue weighted by atomic mass is 32.2. The van der Waals surface area contributed by atoms with Crippen LogP contribution in [0.25, 0.3) is 0 Å². The molecule has 32 heavy (non-hydrogen) atoms. The molecule has 4 nitrogen and oxygen atoms in total. The molecule has 1 aromatic rings. The second-order valence-electron chi connectivity index (χ2n) is 10.8. The van der Waals surface area contributed by atoms with E-state index in [1.54, 1.807) is 0 Å². The minimum atomic E-state index is -0.455. The summed E-state index contributed by atoms with van der Waals surface area (Å²) in [4.78, 5) is 16.6. The van der Waals surface area contributed by atoms with Crippen LogP contribution in [0.4, 0.5) is 4.39 Å². The molecule has 3 aliphatic heterocycles. The maximum Gasteiger partial charge on any atom is 0.213 e. The van der Waals surface area contributed by atoms with Crippen molar-refractivity contribution < 1.29 is 4.39 Å². The fourth-order valence-electron chi connectivity index (χ4n) is 6.38. The van der Waals surface area contributed by atoms with E-state index in [2.05, 4.69) is 22.9 Å². The predicted octanol–water partition coefficient (Wildman–Crippen LogP) is 5.43. The summed E-state index contributed by atoms with van der Waals surface area (Å²) < 4.78 is 13.5. The lowest BCUT2D eigenvalue weighted by Gasteiger charge is -2.34. The lowest BCUT2D eigenvalue weighted by Crippen LogP contribution is -2.39. The van der Waals surface area contributed by atoms with Gasteiger partial charge in [-0.25, -0.2) is 4.98 Å². The minimum Gasteiger partial charge on any atom is -0.300 e. The number of hydrogen-bond donors (Lipinski definition) is 0. The van der Waals surface area contributed by atoms with Gasteiger partial charge in [-0.05, 0) is 69.2 Å². The van der Waals surface area contributed by atoms with Crippen molar-refractivity contribution in [2.75, 3.05) is 13.1 Å². The summed E-state index contributed by atoms with van der Waals surface area (Å²) in [6.45, 7) is 5.13. The molecule has 0 N–H and O–H groups in total. The van der Waals surface area contributed by atoms with Crippen LogP contribution in [0, 0.1) is 11.4 Å². The molecule has 0 radical (unpaired) electrons. The van der Waals surface area contributed by atoms with Gasteiger partial charge in [0.1, 0.15) is 5.54 Å². The maximum absolute atomic E-state index is 13.5. The number of thioether (sulfide) groups is 1. The molecule has 1 saturated heterocycles. The van der Waals surface area contributed by atoms with Gasteiger partial charge in [0.2, 0.25) is 5.95 Å². The molecule has 170 valence electrons. The summed E-state index contributed by atoms with van der Waals surface area (Å²) in [6, 6.07) is 4.30. The van der Waals surface area contributed by atoms with Crippen LogP contribution in [-0.4, -0.2) is 56.6 Å². The smallest absolute Gasteiger partial charge is 0.213 e. The number of halogens is 1. The van der Waals surface area contributed by atoms with Crippen molar-refractivity contribution in [3.05, 3.63) is 42.0 Å². The first-order valence-corrected chi connectivity index (χ1v) is 13.3. The van der Waals surface area contributed by atoms with Gasteiger partial charge in [0.25, 0.3) is 0 Å². The van der Waals surface area contributed by atoms with E-state index < -0.39 is 5.95 Å². The Bertz CT molecular complexity index is 984. The second kappa shape index (κ2) is 8.05. The fraction of sp³-hybridized carbons (Fsp3) is 0.654. The molecular weight excluding hydrogens is 419 g/mol. The Kier molecular flexibility index (Phi) is 5.29. The van der Waals surface area contributed by atoms with Crippen LogP contribution in [-0.2, 0) is 0 Å². The SMILES string of the molecule is CC1(CC2=NC34C=CC(c5ccnc(F)c5)=NC3C4S2)CCCC(N2CCCCC2)CC1. The molecule has 6 rings (SSSR count). The third kappa shape index (κ3) is 3.77. The molecule has 5 aliphatic rings. The summed E-state index contributed by atoms with van der Waals surface area (Å²) in [7, 11) is 0. The van der Waals surface area contributed by atoms with Gasteiger partial charge in [0.05, 0.1) is 22.0 Å². The van der Waals surface area contributed by atoms with E-state index in [0.717, 1.165) is 23.7 Å². The van der Waals surface area contributed by atoms with Gasteiger partial charge in [-0.2, -0.15) is 4.39 Å². The number of likely N-dealkylation sites (tertiary alicyclic amines) is 1. The first-order valence-electron chi connectivity index (χ1n) is 12.4. The minimum absolute atomic E-state index is 0.132. The van der Waals surface area contributed by atoms with Gasteiger partial charge in [0, 0.05) is 30.3 Å². The van der Waals surface area contributed by atoms with Gasteiger partial charge < -0.3 is 4.90 Å². The Labute approximate surface area is 194 Å². The molecule has 3 fully saturated rings. The molecule has 6 heteroatoms. The number of dihydropyridines is 1. The largest absolute Gasteiger partial charge is 0.300 e. The topological polar surface area (TPSA) is 40.9 Å². The van der Waals surface area contributed by atoms with Crippen LogP contribution in [0.1, 0.15) is 70.3 Å². The number of pyridine rings is 1. The van der Waals surface area contributed by atoms with Crippen molar-refractivity contribution in [1.29, 1.82) is 0 Å². The van der Waals surface area contributed by atoms with E-state index >= 15 is 0 Å². The lowest BCUT2D eigenvalue weighted by atomic mass is 9.79. The Morgan fingerprint density at radius 3 is 2.88 bits per heavy atom. The summed E-state index contributed by atoms with van der Waals surface area (Å²) in [5, 5.41) is 1.76. The molecule has 2 saturated carbocycles. The number of rotatable bonds is 4. The number of aliphatic imine (C=N–C) groups is 2. The van der Waals surface area contributed by atoms with Crippen LogP contribution in [0.5, 0.6) is 0 Å². The highest BCUT2D eigenvalue weighted by Crippen LogP contribution is 2.60. The molecule has 0 bridgehead atoms. The van der Waals surface area contributed by atoms with E-state index in [1.807, 2.05) is 23.9 Å². The first-order chi connectivity index (χ1) is 15.5. The Balaban J connectivity index is 1.11. The van der Waals surface area contributed by atoms with Crippen molar-refractivity contribution in [2.45, 2.75) is 87.6 Å². The average Bonchev–Trinajstić information content (AvgIpc) is 3.33. The zero-order chi connectivity index (χ0) is 21.8. The van der Waals surface area contributed by atoms with E-state index in [9.17, 15) is 4.39 Å². The number of nitrogens with zero attached hydrogens (tertiary/aromatic N) is 4. The van der Waals surface area contributed by atoms with E-state index in [0.29, 0.717) is 10.7 Å². The summed E-state index contributed by atoms with van der Waals surface area (Å²) in [5.74, 6) is -0.455. The molecule has 1 aromatic heterocycles. The van der Waals surface area contributed by atoms with Gasteiger partial charge in [-0.3, -0.25) is 9.98 Å². The third-order valence-electron chi connectivity index (χ3n) is 8.38. The van der Waals surface area contributed by atoms with Gasteiger partial charge in [0.15, 0.2) is 0 Å². The van der Waals surface area contributed by atoms with Crippen LogP contribution >= 0.6 is 11.8 Å². The lowest BCUT2D eigenvalue weighted by molar-refractivity contribution is 0.145. The first kappa shape index (κ1) is 21.0. The number of aromatic nitrogens is 1. The summed E-state index contributed by atoms with van der Waals surface area (Å²) in [6.07, 6.45) is 17.8. The van der Waals surface area contributed by atoms with Gasteiger partial charge in [-0.1, -0.05) is 25.8 Å². The van der Waals surface area contributed by atoms with Crippen molar-refractivity contribution in [3.8, 4) is 0 Å². The Morgan fingerprint density at radius 1 is 1.16 bits per heavy atom. The summed E-state index contributed by atoms with van der Waals surface area (Å²) >= 11 is 1.96. The third-order valence-corrected chi connectivity index (χ3v) is 9.78. The molecule has 2 aliphatic carbocycles. The number of fused-ring (bicyclic) bond motifs is 1. The Hall–Kier alpha value is -1.53. The van der Waals surface area contributed by atoms with Crippen LogP contribution < -0.4 is 0 Å². The van der Waals surface area contributed by atoms with Crippen molar-refractivity contribution in [2.24, 2.45) is 15.4 Å². The number of piperidine rings is 1.